The summed E-state index contributed by atoms with van der Waals surface area (Å²) in [6, 6.07) is 9.69. The van der Waals surface area contributed by atoms with E-state index in [2.05, 4.69) is 21.5 Å². The molecule has 3 rings (SSSR count). The van der Waals surface area contributed by atoms with Crippen LogP contribution >= 0.6 is 0 Å². The summed E-state index contributed by atoms with van der Waals surface area (Å²) in [7, 11) is 0. The van der Waals surface area contributed by atoms with Gasteiger partial charge in [0, 0.05) is 18.3 Å². The molecule has 18 heavy (non-hydrogen) atoms. The van der Waals surface area contributed by atoms with Crippen molar-refractivity contribution < 1.29 is 5.11 Å². The second kappa shape index (κ2) is 4.14. The highest BCUT2D eigenvalue weighted by Gasteiger charge is 2.11. The Bertz CT molecular complexity index is 703. The highest BCUT2D eigenvalue weighted by molar-refractivity contribution is 5.80. The second-order valence-corrected chi connectivity index (χ2v) is 4.10. The van der Waals surface area contributed by atoms with Gasteiger partial charge in [0.05, 0.1) is 17.2 Å². The van der Waals surface area contributed by atoms with Gasteiger partial charge in [0.2, 0.25) is 0 Å². The zero-order valence-electron chi connectivity index (χ0n) is 10.0. The van der Waals surface area contributed by atoms with Crippen LogP contribution in [0.1, 0.15) is 6.92 Å². The molecule has 0 aliphatic heterocycles. The molecule has 0 fully saturated rings. The molecule has 2 aromatic heterocycles. The van der Waals surface area contributed by atoms with Gasteiger partial charge in [-0.15, -0.1) is 0 Å². The zero-order valence-corrected chi connectivity index (χ0v) is 10.0. The molecule has 2 heterocycles. The molecule has 0 bridgehead atoms. The quantitative estimate of drug-likeness (QED) is 0.748. The number of aromatic hydroxyl groups is 1. The Balaban J connectivity index is 2.28. The molecule has 0 aliphatic carbocycles. The molecule has 0 saturated heterocycles. The van der Waals surface area contributed by atoms with Crippen molar-refractivity contribution in [1.82, 2.24) is 14.5 Å². The minimum absolute atomic E-state index is 0.155. The minimum atomic E-state index is 0.155. The van der Waals surface area contributed by atoms with E-state index in [1.807, 2.05) is 24.3 Å². The van der Waals surface area contributed by atoms with Crippen molar-refractivity contribution in [3.8, 4) is 17.1 Å². The van der Waals surface area contributed by atoms with E-state index < -0.39 is 0 Å². The van der Waals surface area contributed by atoms with E-state index in [-0.39, 0.29) is 5.75 Å². The fourth-order valence-corrected chi connectivity index (χ4v) is 2.17. The Hall–Kier alpha value is -2.36. The Morgan fingerprint density at radius 3 is 2.83 bits per heavy atom. The summed E-state index contributed by atoms with van der Waals surface area (Å²) in [5.41, 5.74) is 2.88. The van der Waals surface area contributed by atoms with Gasteiger partial charge in [-0.3, -0.25) is 4.98 Å². The zero-order chi connectivity index (χ0) is 12.5. The maximum atomic E-state index is 9.51. The fraction of sp³-hybridized carbons (Fsp3) is 0.143. The van der Waals surface area contributed by atoms with Crippen LogP contribution in [0, 0.1) is 0 Å². The summed E-state index contributed by atoms with van der Waals surface area (Å²) < 4.78 is 2.12. The molecule has 0 amide bonds. The van der Waals surface area contributed by atoms with Crippen LogP contribution < -0.4 is 0 Å². The van der Waals surface area contributed by atoms with Crippen LogP contribution in [0.3, 0.4) is 0 Å². The number of aromatic nitrogens is 3. The van der Waals surface area contributed by atoms with Gasteiger partial charge >= 0.3 is 0 Å². The number of nitrogens with zero attached hydrogens (tertiary/aromatic N) is 3. The highest BCUT2D eigenvalue weighted by atomic mass is 16.3. The molecule has 0 aliphatic rings. The van der Waals surface area contributed by atoms with Gasteiger partial charge in [0.15, 0.2) is 0 Å². The molecular formula is C14H13N3O. The number of aryl methyl sites for hydroxylation is 1. The molecule has 0 atom stereocenters. The Labute approximate surface area is 105 Å². The predicted octanol–water partition coefficient (Wildman–Crippen LogP) is 2.82. The lowest BCUT2D eigenvalue weighted by Crippen LogP contribution is -1.97. The van der Waals surface area contributed by atoms with E-state index in [1.54, 1.807) is 12.3 Å². The van der Waals surface area contributed by atoms with Crippen LogP contribution in [0.4, 0.5) is 0 Å². The van der Waals surface area contributed by atoms with E-state index >= 15 is 0 Å². The van der Waals surface area contributed by atoms with Crippen molar-refractivity contribution in [3.05, 3.63) is 42.7 Å². The largest absolute Gasteiger partial charge is 0.506 e. The maximum Gasteiger partial charge on any atom is 0.142 e. The van der Waals surface area contributed by atoms with Crippen molar-refractivity contribution in [1.29, 1.82) is 0 Å². The number of rotatable bonds is 2. The van der Waals surface area contributed by atoms with Gasteiger partial charge < -0.3 is 9.67 Å². The van der Waals surface area contributed by atoms with Crippen LogP contribution in [0.2, 0.25) is 0 Å². The molecule has 0 unspecified atom stereocenters. The summed E-state index contributed by atoms with van der Waals surface area (Å²) in [5.74, 6) is 0.990. The Morgan fingerprint density at radius 2 is 2.06 bits per heavy atom. The number of hydrogen-bond donors (Lipinski definition) is 1. The first-order chi connectivity index (χ1) is 8.79. The van der Waals surface area contributed by atoms with Gasteiger partial charge in [0.25, 0.3) is 0 Å². The molecular weight excluding hydrogens is 226 g/mol. The number of para-hydroxylation sites is 2. The standard InChI is InChI=1S/C14H13N3O/c1-2-17-13-6-4-3-5-12(13)16-14(17)10-7-11(18)9-15-8-10/h3-9,18H,2H2,1H3. The summed E-state index contributed by atoms with van der Waals surface area (Å²) >= 11 is 0. The van der Waals surface area contributed by atoms with Gasteiger partial charge in [-0.2, -0.15) is 0 Å². The second-order valence-electron chi connectivity index (χ2n) is 4.10. The monoisotopic (exact) mass is 239 g/mol. The molecule has 90 valence electrons. The molecule has 0 saturated carbocycles. The van der Waals surface area contributed by atoms with Crippen molar-refractivity contribution >= 4 is 11.0 Å². The maximum absolute atomic E-state index is 9.51. The van der Waals surface area contributed by atoms with Crippen LogP contribution in [0.25, 0.3) is 22.4 Å². The van der Waals surface area contributed by atoms with E-state index in [4.69, 9.17) is 0 Å². The average molecular weight is 239 g/mol. The Morgan fingerprint density at radius 1 is 1.22 bits per heavy atom. The van der Waals surface area contributed by atoms with Gasteiger partial charge in [0.1, 0.15) is 11.6 Å². The highest BCUT2D eigenvalue weighted by Crippen LogP contribution is 2.25. The molecule has 3 aromatic rings. The van der Waals surface area contributed by atoms with Crippen LogP contribution in [0.5, 0.6) is 5.75 Å². The SMILES string of the molecule is CCn1c(-c2cncc(O)c2)nc2ccccc21. The Kier molecular flexibility index (Phi) is 2.48. The molecule has 1 aromatic carbocycles. The summed E-state index contributed by atoms with van der Waals surface area (Å²) in [4.78, 5) is 8.61. The molecule has 1 N–H and O–H groups in total. The number of imidazole rings is 1. The van der Waals surface area contributed by atoms with Crippen LogP contribution in [-0.4, -0.2) is 19.6 Å². The normalized spacial score (nSPS) is 10.9. The van der Waals surface area contributed by atoms with Gasteiger partial charge in [-0.1, -0.05) is 12.1 Å². The van der Waals surface area contributed by atoms with E-state index in [0.717, 1.165) is 29.0 Å². The number of hydrogen-bond acceptors (Lipinski definition) is 3. The minimum Gasteiger partial charge on any atom is -0.506 e. The van der Waals surface area contributed by atoms with Crippen LogP contribution in [0.15, 0.2) is 42.7 Å². The van der Waals surface area contributed by atoms with Crippen molar-refractivity contribution in [2.75, 3.05) is 0 Å². The summed E-state index contributed by atoms with van der Waals surface area (Å²) in [6.07, 6.45) is 3.13. The summed E-state index contributed by atoms with van der Waals surface area (Å²) in [5, 5.41) is 9.51. The van der Waals surface area contributed by atoms with E-state index in [9.17, 15) is 5.11 Å². The number of benzene rings is 1. The van der Waals surface area contributed by atoms with Gasteiger partial charge in [-0.05, 0) is 25.1 Å². The number of pyridine rings is 1. The summed E-state index contributed by atoms with van der Waals surface area (Å²) in [6.45, 7) is 2.90. The topological polar surface area (TPSA) is 50.9 Å². The smallest absolute Gasteiger partial charge is 0.142 e. The van der Waals surface area contributed by atoms with Crippen LogP contribution in [-0.2, 0) is 6.54 Å². The van der Waals surface area contributed by atoms with E-state index in [0.29, 0.717) is 0 Å². The first kappa shape index (κ1) is 10.8. The van der Waals surface area contributed by atoms with E-state index in [1.165, 1.54) is 6.20 Å². The lowest BCUT2D eigenvalue weighted by atomic mass is 10.2. The first-order valence-corrected chi connectivity index (χ1v) is 5.89. The molecule has 0 spiro atoms. The third kappa shape index (κ3) is 1.62. The van der Waals surface area contributed by atoms with Gasteiger partial charge in [-0.25, -0.2) is 4.98 Å². The lowest BCUT2D eigenvalue weighted by molar-refractivity contribution is 0.473. The fourth-order valence-electron chi connectivity index (χ4n) is 2.17. The molecule has 0 radical (unpaired) electrons. The first-order valence-electron chi connectivity index (χ1n) is 5.89. The average Bonchev–Trinajstić information content (AvgIpc) is 2.77. The number of fused-ring (bicyclic) bond motifs is 1. The van der Waals surface area contributed by atoms with Crippen molar-refractivity contribution in [3.63, 3.8) is 0 Å². The molecule has 4 heteroatoms. The third-order valence-electron chi connectivity index (χ3n) is 2.95. The van der Waals surface area contributed by atoms with Crippen molar-refractivity contribution in [2.45, 2.75) is 13.5 Å². The third-order valence-corrected chi connectivity index (χ3v) is 2.95. The predicted molar refractivity (Wildman–Crippen MR) is 70.3 cm³/mol. The molecule has 4 nitrogen and oxygen atoms in total. The lowest BCUT2D eigenvalue weighted by Gasteiger charge is -2.05. The van der Waals surface area contributed by atoms with Crippen molar-refractivity contribution in [2.24, 2.45) is 0 Å².